The maximum absolute atomic E-state index is 13.3. The van der Waals surface area contributed by atoms with Crippen LogP contribution >= 0.6 is 11.8 Å². The molecule has 0 aromatic carbocycles. The summed E-state index contributed by atoms with van der Waals surface area (Å²) in [6.45, 7) is 4.10. The molecular formula is C23H30N4O4S. The first-order chi connectivity index (χ1) is 15.1. The Kier molecular flexibility index (Phi) is 4.96. The Balaban J connectivity index is 1.41. The van der Waals surface area contributed by atoms with Gasteiger partial charge in [-0.3, -0.25) is 9.59 Å². The van der Waals surface area contributed by atoms with Crippen molar-refractivity contribution in [3.63, 3.8) is 0 Å². The smallest absolute Gasteiger partial charge is 0.216 e. The van der Waals surface area contributed by atoms with Crippen LogP contribution in [0.1, 0.15) is 46.0 Å². The number of allylic oxidation sites excluding steroid dienone is 4. The third-order valence-corrected chi connectivity index (χ3v) is 9.77. The predicted molar refractivity (Wildman–Crippen MR) is 119 cm³/mol. The van der Waals surface area contributed by atoms with Gasteiger partial charge in [-0.1, -0.05) is 37.3 Å². The highest BCUT2D eigenvalue weighted by Crippen LogP contribution is 2.67. The lowest BCUT2D eigenvalue weighted by molar-refractivity contribution is -0.174. The minimum atomic E-state index is -1.49. The van der Waals surface area contributed by atoms with Crippen molar-refractivity contribution in [3.05, 3.63) is 23.8 Å². The number of thioether (sulfide) groups is 1. The fourth-order valence-electron chi connectivity index (χ4n) is 7.36. The molecule has 32 heavy (non-hydrogen) atoms. The summed E-state index contributed by atoms with van der Waals surface area (Å²) in [7, 11) is 0. The van der Waals surface area contributed by atoms with Gasteiger partial charge in [-0.05, 0) is 56.1 Å². The summed E-state index contributed by atoms with van der Waals surface area (Å²) in [6, 6.07) is 0. The lowest BCUT2D eigenvalue weighted by Gasteiger charge is -2.59. The van der Waals surface area contributed by atoms with Crippen LogP contribution in [0.3, 0.4) is 0 Å². The molecule has 0 bridgehead atoms. The number of nitrogens with two attached hydrogens (primary N) is 1. The Morgan fingerprint density at radius 2 is 2.16 bits per heavy atom. The van der Waals surface area contributed by atoms with Crippen LogP contribution in [0.5, 0.6) is 0 Å². The molecule has 3 saturated carbocycles. The summed E-state index contributed by atoms with van der Waals surface area (Å²) in [5, 5.41) is 30.0. The van der Waals surface area contributed by atoms with Gasteiger partial charge in [0.25, 0.3) is 0 Å². The topological polar surface area (TPSA) is 142 Å². The van der Waals surface area contributed by atoms with Gasteiger partial charge in [0, 0.05) is 16.7 Å². The van der Waals surface area contributed by atoms with Crippen molar-refractivity contribution in [3.8, 4) is 0 Å². The van der Waals surface area contributed by atoms with Crippen LogP contribution in [0.25, 0.3) is 0 Å². The van der Waals surface area contributed by atoms with E-state index in [4.69, 9.17) is 5.73 Å². The Morgan fingerprint density at radius 3 is 2.88 bits per heavy atom. The summed E-state index contributed by atoms with van der Waals surface area (Å²) in [5.74, 6) is 0.309. The lowest BCUT2D eigenvalue weighted by atomic mass is 9.46. The van der Waals surface area contributed by atoms with Gasteiger partial charge in [-0.15, -0.1) is 5.10 Å². The number of H-pyrrole nitrogens is 1. The number of nitrogen functional groups attached to an aromatic ring is 1. The summed E-state index contributed by atoms with van der Waals surface area (Å²) >= 11 is 1.16. The number of Topliss-reactive ketones (excluding diaryl/α,β-unsaturated/α-hetero) is 1. The molecule has 1 aromatic rings. The largest absolute Gasteiger partial charge is 0.393 e. The van der Waals surface area contributed by atoms with E-state index in [2.05, 4.69) is 22.1 Å². The molecule has 0 aliphatic heterocycles. The number of aliphatic hydroxyl groups excluding tert-OH is 1. The van der Waals surface area contributed by atoms with Gasteiger partial charge in [0.15, 0.2) is 11.6 Å². The first-order valence-corrected chi connectivity index (χ1v) is 12.3. The van der Waals surface area contributed by atoms with E-state index in [1.165, 1.54) is 0 Å². The quantitative estimate of drug-likeness (QED) is 0.502. The molecule has 172 valence electrons. The molecule has 5 N–H and O–H groups in total. The van der Waals surface area contributed by atoms with E-state index in [0.29, 0.717) is 18.0 Å². The standard InChI is InChI=1S/C23H30N4O4S/c1-21-7-5-13(28)9-12(21)3-4-14-15-6-8-23(31,22(15,2)10-16(29)18(14)21)17(30)11-32-20-25-19(24)26-27-20/h5,7,9,14-16,18,29,31H,3-4,6,8,10-11H2,1-2H3,(H3,24,25,26,27)/t14?,15?,16-,18?,21?,22?,23-/m0/s1. The molecule has 7 atom stereocenters. The number of carbonyl (C=O) groups excluding carboxylic acids is 2. The van der Waals surface area contributed by atoms with Crippen molar-refractivity contribution in [2.45, 2.75) is 62.8 Å². The molecule has 8 nitrogen and oxygen atoms in total. The number of anilines is 1. The molecule has 1 heterocycles. The second kappa shape index (κ2) is 7.27. The number of ketones is 2. The molecule has 0 saturated heterocycles. The average Bonchev–Trinajstić information content (AvgIpc) is 3.27. The molecule has 3 fully saturated rings. The van der Waals surface area contributed by atoms with Gasteiger partial charge in [0.1, 0.15) is 5.60 Å². The van der Waals surface area contributed by atoms with Crippen LogP contribution in [0.2, 0.25) is 0 Å². The van der Waals surface area contributed by atoms with Gasteiger partial charge in [0.05, 0.1) is 11.9 Å². The number of carbonyl (C=O) groups is 2. The Labute approximate surface area is 191 Å². The third-order valence-electron chi connectivity index (χ3n) is 8.92. The van der Waals surface area contributed by atoms with Crippen LogP contribution < -0.4 is 5.73 Å². The van der Waals surface area contributed by atoms with E-state index in [1.807, 2.05) is 13.0 Å². The van der Waals surface area contributed by atoms with Gasteiger partial charge in [0.2, 0.25) is 11.1 Å². The van der Waals surface area contributed by atoms with E-state index in [-0.39, 0.29) is 46.4 Å². The van der Waals surface area contributed by atoms with Crippen molar-refractivity contribution in [2.24, 2.45) is 28.6 Å². The zero-order valence-electron chi connectivity index (χ0n) is 18.4. The van der Waals surface area contributed by atoms with Crippen molar-refractivity contribution < 1.29 is 19.8 Å². The predicted octanol–water partition coefficient (Wildman–Crippen LogP) is 2.06. The van der Waals surface area contributed by atoms with Crippen LogP contribution in [0.15, 0.2) is 29.0 Å². The molecule has 9 heteroatoms. The zero-order chi connectivity index (χ0) is 22.9. The van der Waals surface area contributed by atoms with Crippen molar-refractivity contribution in [2.75, 3.05) is 11.5 Å². The van der Waals surface area contributed by atoms with Crippen molar-refractivity contribution in [1.29, 1.82) is 0 Å². The number of fused-ring (bicyclic) bond motifs is 5. The Morgan fingerprint density at radius 1 is 1.38 bits per heavy atom. The molecule has 0 spiro atoms. The molecule has 5 rings (SSSR count). The van der Waals surface area contributed by atoms with Gasteiger partial charge in [-0.2, -0.15) is 4.98 Å². The number of nitrogens with one attached hydrogen (secondary N) is 1. The maximum Gasteiger partial charge on any atom is 0.216 e. The summed E-state index contributed by atoms with van der Waals surface area (Å²) < 4.78 is 0. The SMILES string of the molecule is CC12C=CC(=O)C=C1CCC1C2[C@@H](O)CC2(C)C1CC[C@]2(O)C(=O)CSc1n[nH]c(N)n1. The second-order valence-electron chi connectivity index (χ2n) is 10.3. The molecule has 4 aliphatic rings. The van der Waals surface area contributed by atoms with E-state index in [9.17, 15) is 19.8 Å². The van der Waals surface area contributed by atoms with E-state index in [1.54, 1.807) is 12.2 Å². The van der Waals surface area contributed by atoms with Gasteiger partial charge < -0.3 is 15.9 Å². The Hall–Kier alpha value is -1.97. The molecule has 0 radical (unpaired) electrons. The number of nitrogens with zero attached hydrogens (tertiary/aromatic N) is 2. The number of hydrogen-bond acceptors (Lipinski definition) is 8. The Bertz CT molecular complexity index is 1040. The number of aromatic nitrogens is 3. The highest BCUT2D eigenvalue weighted by molar-refractivity contribution is 7.99. The van der Waals surface area contributed by atoms with E-state index < -0.39 is 17.1 Å². The van der Waals surface area contributed by atoms with Crippen LogP contribution in [0, 0.1) is 28.6 Å². The minimum Gasteiger partial charge on any atom is -0.393 e. The van der Waals surface area contributed by atoms with Crippen molar-refractivity contribution >= 4 is 29.3 Å². The molecule has 5 unspecified atom stereocenters. The first kappa shape index (κ1) is 21.9. The van der Waals surface area contributed by atoms with Gasteiger partial charge >= 0.3 is 0 Å². The summed E-state index contributed by atoms with van der Waals surface area (Å²) in [6.07, 6.45) is 7.85. The molecular weight excluding hydrogens is 428 g/mol. The van der Waals surface area contributed by atoms with E-state index >= 15 is 0 Å². The summed E-state index contributed by atoms with van der Waals surface area (Å²) in [4.78, 5) is 29.3. The second-order valence-corrected chi connectivity index (χ2v) is 11.3. The maximum atomic E-state index is 13.3. The number of rotatable bonds is 4. The third kappa shape index (κ3) is 2.97. The molecule has 0 amide bonds. The fraction of sp³-hybridized carbons (Fsp3) is 0.652. The minimum absolute atomic E-state index is 0.0116. The number of hydrogen-bond donors (Lipinski definition) is 4. The highest BCUT2D eigenvalue weighted by Gasteiger charge is 2.67. The van der Waals surface area contributed by atoms with Crippen LogP contribution in [-0.2, 0) is 9.59 Å². The average molecular weight is 459 g/mol. The van der Waals surface area contributed by atoms with Gasteiger partial charge in [-0.25, -0.2) is 5.10 Å². The van der Waals surface area contributed by atoms with E-state index in [0.717, 1.165) is 36.6 Å². The van der Waals surface area contributed by atoms with Crippen molar-refractivity contribution in [1.82, 2.24) is 15.2 Å². The zero-order valence-corrected chi connectivity index (χ0v) is 19.2. The summed E-state index contributed by atoms with van der Waals surface area (Å²) in [5.41, 5.74) is 4.10. The molecule has 4 aliphatic carbocycles. The van der Waals surface area contributed by atoms with Crippen LogP contribution in [0.4, 0.5) is 5.95 Å². The monoisotopic (exact) mass is 458 g/mol. The lowest BCUT2D eigenvalue weighted by Crippen LogP contribution is -2.61. The molecule has 1 aromatic heterocycles. The first-order valence-electron chi connectivity index (χ1n) is 11.3. The van der Waals surface area contributed by atoms with Crippen LogP contribution in [-0.4, -0.2) is 54.4 Å². The highest BCUT2D eigenvalue weighted by atomic mass is 32.2. The number of aliphatic hydroxyl groups is 2. The number of aromatic amines is 1. The normalized spacial score (nSPS) is 42.8. The fourth-order valence-corrected chi connectivity index (χ4v) is 8.13.